The highest BCUT2D eigenvalue weighted by molar-refractivity contribution is 5.90. The smallest absolute Gasteiger partial charge is 0.228 e. The average Bonchev–Trinajstić information content (AvgIpc) is 2.88. The molecule has 6 heteroatoms. The van der Waals surface area contributed by atoms with Crippen molar-refractivity contribution in [1.29, 1.82) is 0 Å². The maximum absolute atomic E-state index is 5.50. The van der Waals surface area contributed by atoms with Crippen LogP contribution in [0.1, 0.15) is 5.56 Å². The normalized spacial score (nSPS) is 13.9. The molecule has 0 saturated carbocycles. The summed E-state index contributed by atoms with van der Waals surface area (Å²) in [5, 5.41) is 4.55. The number of anilines is 3. The number of hydrogen-bond acceptors (Lipinski definition) is 6. The van der Waals surface area contributed by atoms with Gasteiger partial charge in [-0.1, -0.05) is 48.5 Å². The maximum atomic E-state index is 5.50. The molecular weight excluding hydrogens is 398 g/mol. The van der Waals surface area contributed by atoms with Crippen molar-refractivity contribution in [2.45, 2.75) is 6.54 Å². The number of methoxy groups -OCH3 is 1. The Labute approximate surface area is 188 Å². The Morgan fingerprint density at radius 2 is 1.47 bits per heavy atom. The zero-order chi connectivity index (χ0) is 21.8. The predicted molar refractivity (Wildman–Crippen MR) is 131 cm³/mol. The van der Waals surface area contributed by atoms with Crippen molar-refractivity contribution in [3.05, 3.63) is 84.4 Å². The third-order valence-electron chi connectivity index (χ3n) is 5.91. The van der Waals surface area contributed by atoms with Gasteiger partial charge in [-0.2, -0.15) is 4.98 Å². The number of nitrogens with one attached hydrogen (secondary N) is 1. The molecular formula is C26H27N5O. The van der Waals surface area contributed by atoms with Crippen LogP contribution in [0, 0.1) is 0 Å². The first-order valence-corrected chi connectivity index (χ1v) is 11.0. The van der Waals surface area contributed by atoms with Crippen LogP contribution in [0.5, 0.6) is 5.75 Å². The van der Waals surface area contributed by atoms with E-state index in [9.17, 15) is 0 Å². The Morgan fingerprint density at radius 1 is 0.781 bits per heavy atom. The van der Waals surface area contributed by atoms with E-state index in [1.807, 2.05) is 30.3 Å². The van der Waals surface area contributed by atoms with Crippen LogP contribution in [0.4, 0.5) is 17.5 Å². The lowest BCUT2D eigenvalue weighted by molar-refractivity contribution is 0.410. The quantitative estimate of drug-likeness (QED) is 0.488. The molecule has 0 radical (unpaired) electrons. The summed E-state index contributed by atoms with van der Waals surface area (Å²) < 4.78 is 5.50. The molecule has 162 valence electrons. The molecule has 0 unspecified atom stereocenters. The van der Waals surface area contributed by atoms with Crippen LogP contribution >= 0.6 is 0 Å². The molecule has 1 aromatic heterocycles. The fourth-order valence-electron chi connectivity index (χ4n) is 4.17. The lowest BCUT2D eigenvalue weighted by atomic mass is 10.2. The van der Waals surface area contributed by atoms with Gasteiger partial charge >= 0.3 is 0 Å². The number of nitrogens with zero attached hydrogens (tertiary/aromatic N) is 4. The van der Waals surface area contributed by atoms with E-state index in [4.69, 9.17) is 14.7 Å². The number of fused-ring (bicyclic) bond motifs is 1. The van der Waals surface area contributed by atoms with Crippen LogP contribution in [0.2, 0.25) is 0 Å². The summed E-state index contributed by atoms with van der Waals surface area (Å²) in [5.74, 6) is 2.50. The van der Waals surface area contributed by atoms with Gasteiger partial charge in [-0.15, -0.1) is 0 Å². The molecule has 0 amide bonds. The van der Waals surface area contributed by atoms with E-state index in [-0.39, 0.29) is 0 Å². The van der Waals surface area contributed by atoms with Crippen molar-refractivity contribution in [3.63, 3.8) is 0 Å². The van der Waals surface area contributed by atoms with E-state index in [1.54, 1.807) is 7.11 Å². The number of piperazine rings is 1. The molecule has 0 bridgehead atoms. The topological polar surface area (TPSA) is 53.5 Å². The Hall–Kier alpha value is -3.80. The molecule has 1 fully saturated rings. The van der Waals surface area contributed by atoms with E-state index in [1.165, 1.54) is 5.69 Å². The second-order valence-electron chi connectivity index (χ2n) is 7.86. The summed E-state index contributed by atoms with van der Waals surface area (Å²) in [7, 11) is 1.70. The summed E-state index contributed by atoms with van der Waals surface area (Å²) >= 11 is 0. The van der Waals surface area contributed by atoms with Crippen molar-refractivity contribution >= 4 is 28.4 Å². The molecule has 0 atom stereocenters. The van der Waals surface area contributed by atoms with Gasteiger partial charge in [0.2, 0.25) is 5.95 Å². The predicted octanol–water partition coefficient (Wildman–Crippen LogP) is 4.58. The summed E-state index contributed by atoms with van der Waals surface area (Å²) in [6.07, 6.45) is 0. The summed E-state index contributed by atoms with van der Waals surface area (Å²) in [5.41, 5.74) is 3.31. The summed E-state index contributed by atoms with van der Waals surface area (Å²) in [4.78, 5) is 14.5. The summed E-state index contributed by atoms with van der Waals surface area (Å²) in [6.45, 7) is 4.30. The number of aromatic nitrogens is 2. The standard InChI is InChI=1S/C26H27N5O/c1-32-24-14-8-5-9-20(24)19-27-25-22-12-6-7-13-23(22)28-26(29-25)31-17-15-30(16-18-31)21-10-3-2-4-11-21/h2-14H,15-19H2,1H3,(H,27,28,29). The zero-order valence-electron chi connectivity index (χ0n) is 18.2. The van der Waals surface area contributed by atoms with Crippen LogP contribution in [0.25, 0.3) is 10.9 Å². The molecule has 32 heavy (non-hydrogen) atoms. The minimum absolute atomic E-state index is 0.631. The van der Waals surface area contributed by atoms with Crippen molar-refractivity contribution in [2.75, 3.05) is 48.4 Å². The van der Waals surface area contributed by atoms with E-state index in [0.29, 0.717) is 6.54 Å². The first-order chi connectivity index (χ1) is 15.8. The lowest BCUT2D eigenvalue weighted by Crippen LogP contribution is -2.47. The van der Waals surface area contributed by atoms with Crippen molar-refractivity contribution in [1.82, 2.24) is 9.97 Å². The Bertz CT molecular complexity index is 1190. The zero-order valence-corrected chi connectivity index (χ0v) is 18.2. The molecule has 0 aliphatic carbocycles. The maximum Gasteiger partial charge on any atom is 0.228 e. The molecule has 1 aliphatic rings. The number of hydrogen-bond donors (Lipinski definition) is 1. The van der Waals surface area contributed by atoms with Crippen LogP contribution in [-0.4, -0.2) is 43.3 Å². The van der Waals surface area contributed by atoms with Gasteiger partial charge in [0.1, 0.15) is 11.6 Å². The number of para-hydroxylation sites is 3. The van der Waals surface area contributed by atoms with Gasteiger partial charge in [0.25, 0.3) is 0 Å². The lowest BCUT2D eigenvalue weighted by Gasteiger charge is -2.36. The fraction of sp³-hybridized carbons (Fsp3) is 0.231. The van der Waals surface area contributed by atoms with Crippen LogP contribution in [-0.2, 0) is 6.54 Å². The molecule has 1 saturated heterocycles. The third-order valence-corrected chi connectivity index (χ3v) is 5.91. The number of ether oxygens (including phenoxy) is 1. The number of benzene rings is 3. The van der Waals surface area contributed by atoms with Gasteiger partial charge in [0, 0.05) is 49.4 Å². The van der Waals surface area contributed by atoms with Crippen LogP contribution < -0.4 is 19.9 Å². The van der Waals surface area contributed by atoms with Crippen molar-refractivity contribution in [3.8, 4) is 5.75 Å². The average molecular weight is 426 g/mol. The first-order valence-electron chi connectivity index (χ1n) is 11.0. The molecule has 0 spiro atoms. The largest absolute Gasteiger partial charge is 0.496 e. The third kappa shape index (κ3) is 4.17. The van der Waals surface area contributed by atoms with Crippen molar-refractivity contribution in [2.24, 2.45) is 0 Å². The van der Waals surface area contributed by atoms with Gasteiger partial charge in [0.05, 0.1) is 12.6 Å². The number of rotatable bonds is 6. The fourth-order valence-corrected chi connectivity index (χ4v) is 4.17. The SMILES string of the molecule is COc1ccccc1CNc1nc(N2CCN(c3ccccc3)CC2)nc2ccccc12. The van der Waals surface area contributed by atoms with E-state index in [2.05, 4.69) is 63.6 Å². The molecule has 6 nitrogen and oxygen atoms in total. The molecule has 5 rings (SSSR count). The molecule has 2 heterocycles. The van der Waals surface area contributed by atoms with E-state index in [0.717, 1.165) is 60.2 Å². The van der Waals surface area contributed by atoms with Crippen molar-refractivity contribution < 1.29 is 4.74 Å². The second-order valence-corrected chi connectivity index (χ2v) is 7.86. The van der Waals surface area contributed by atoms with Crippen LogP contribution in [0.3, 0.4) is 0 Å². The van der Waals surface area contributed by atoms with Gasteiger partial charge in [-0.3, -0.25) is 0 Å². The minimum Gasteiger partial charge on any atom is -0.496 e. The molecule has 1 aliphatic heterocycles. The van der Waals surface area contributed by atoms with E-state index < -0.39 is 0 Å². The molecule has 4 aromatic rings. The molecule has 1 N–H and O–H groups in total. The van der Waals surface area contributed by atoms with Gasteiger partial charge in [-0.05, 0) is 30.3 Å². The van der Waals surface area contributed by atoms with Crippen LogP contribution in [0.15, 0.2) is 78.9 Å². The minimum atomic E-state index is 0.631. The Morgan fingerprint density at radius 3 is 2.28 bits per heavy atom. The van der Waals surface area contributed by atoms with Gasteiger partial charge < -0.3 is 19.9 Å². The van der Waals surface area contributed by atoms with Gasteiger partial charge in [-0.25, -0.2) is 4.98 Å². The van der Waals surface area contributed by atoms with E-state index >= 15 is 0 Å². The Balaban J connectivity index is 1.38. The highest BCUT2D eigenvalue weighted by Crippen LogP contribution is 2.26. The Kier molecular flexibility index (Phi) is 5.75. The first kappa shape index (κ1) is 20.1. The summed E-state index contributed by atoms with van der Waals surface area (Å²) in [6, 6.07) is 26.8. The molecule has 3 aromatic carbocycles. The monoisotopic (exact) mass is 425 g/mol. The highest BCUT2D eigenvalue weighted by Gasteiger charge is 2.20. The second kappa shape index (κ2) is 9.14. The van der Waals surface area contributed by atoms with Gasteiger partial charge in [0.15, 0.2) is 0 Å². The highest BCUT2D eigenvalue weighted by atomic mass is 16.5.